The van der Waals surface area contributed by atoms with E-state index in [1.807, 2.05) is 0 Å². The largest absolute Gasteiger partial charge is 0.463 e. The number of anilines is 1. The van der Waals surface area contributed by atoms with Crippen LogP contribution in [0.5, 0.6) is 0 Å². The standard InChI is InChI=1S/C20H15N3O5/c1-12(23-18(24)9-8-14(22-23)17-7-4-10-27-17)19(25)21-15-11-13-5-2-3-6-16(13)28-20(15)26/h2-12H,1H3,(H,21,25). The number of carbonyl (C=O) groups is 1. The first-order valence-corrected chi connectivity index (χ1v) is 8.50. The monoisotopic (exact) mass is 377 g/mol. The number of carbonyl (C=O) groups excluding carboxylic acids is 1. The summed E-state index contributed by atoms with van der Waals surface area (Å²) in [5.74, 6) is -0.106. The highest BCUT2D eigenvalue weighted by atomic mass is 16.4. The Morgan fingerprint density at radius 1 is 1.11 bits per heavy atom. The van der Waals surface area contributed by atoms with Gasteiger partial charge in [0.25, 0.3) is 5.56 Å². The van der Waals surface area contributed by atoms with Gasteiger partial charge in [-0.05, 0) is 37.3 Å². The Kier molecular flexibility index (Phi) is 4.36. The fourth-order valence-corrected chi connectivity index (χ4v) is 2.76. The van der Waals surface area contributed by atoms with Gasteiger partial charge in [0.2, 0.25) is 5.91 Å². The second-order valence-electron chi connectivity index (χ2n) is 6.13. The van der Waals surface area contributed by atoms with Gasteiger partial charge in [-0.15, -0.1) is 0 Å². The van der Waals surface area contributed by atoms with Gasteiger partial charge in [-0.1, -0.05) is 18.2 Å². The normalized spacial score (nSPS) is 12.0. The van der Waals surface area contributed by atoms with Crippen LogP contribution in [0, 0.1) is 0 Å². The van der Waals surface area contributed by atoms with Crippen molar-refractivity contribution in [2.24, 2.45) is 0 Å². The molecule has 1 atom stereocenters. The Morgan fingerprint density at radius 3 is 2.71 bits per heavy atom. The van der Waals surface area contributed by atoms with Crippen LogP contribution < -0.4 is 16.5 Å². The van der Waals surface area contributed by atoms with Gasteiger partial charge in [0.15, 0.2) is 5.76 Å². The topological polar surface area (TPSA) is 107 Å². The molecule has 1 amide bonds. The maximum Gasteiger partial charge on any atom is 0.360 e. The Labute approximate surface area is 158 Å². The molecule has 3 heterocycles. The van der Waals surface area contributed by atoms with Crippen molar-refractivity contribution < 1.29 is 13.6 Å². The SMILES string of the molecule is CC(C(=O)Nc1cc2ccccc2oc1=O)n1nc(-c2ccco2)ccc1=O. The molecule has 140 valence electrons. The minimum absolute atomic E-state index is 0.00853. The van der Waals surface area contributed by atoms with E-state index in [-0.39, 0.29) is 5.69 Å². The van der Waals surface area contributed by atoms with E-state index >= 15 is 0 Å². The highest BCUT2D eigenvalue weighted by Gasteiger charge is 2.20. The van der Waals surface area contributed by atoms with Gasteiger partial charge in [-0.2, -0.15) is 5.10 Å². The summed E-state index contributed by atoms with van der Waals surface area (Å²) in [6, 6.07) is 13.7. The van der Waals surface area contributed by atoms with Gasteiger partial charge < -0.3 is 14.2 Å². The van der Waals surface area contributed by atoms with Crippen LogP contribution in [-0.4, -0.2) is 15.7 Å². The summed E-state index contributed by atoms with van der Waals surface area (Å²) in [5, 5.41) is 7.38. The molecule has 1 unspecified atom stereocenters. The zero-order valence-corrected chi connectivity index (χ0v) is 14.8. The van der Waals surface area contributed by atoms with Gasteiger partial charge in [0, 0.05) is 11.5 Å². The van der Waals surface area contributed by atoms with E-state index in [2.05, 4.69) is 10.4 Å². The van der Waals surface area contributed by atoms with Crippen LogP contribution in [0.4, 0.5) is 5.69 Å². The van der Waals surface area contributed by atoms with Gasteiger partial charge in [-0.25, -0.2) is 9.48 Å². The second kappa shape index (κ2) is 6.99. The maximum atomic E-state index is 12.6. The molecule has 0 aliphatic rings. The molecule has 3 aromatic heterocycles. The predicted molar refractivity (Wildman–Crippen MR) is 102 cm³/mol. The van der Waals surface area contributed by atoms with E-state index in [1.165, 1.54) is 31.4 Å². The zero-order valence-electron chi connectivity index (χ0n) is 14.8. The summed E-state index contributed by atoms with van der Waals surface area (Å²) in [6.45, 7) is 1.51. The first kappa shape index (κ1) is 17.5. The fraction of sp³-hybridized carbons (Fsp3) is 0.100. The average Bonchev–Trinajstić information content (AvgIpc) is 3.23. The third-order valence-electron chi connectivity index (χ3n) is 4.24. The number of nitrogens with one attached hydrogen (secondary N) is 1. The van der Waals surface area contributed by atoms with Crippen LogP contribution >= 0.6 is 0 Å². The van der Waals surface area contributed by atoms with E-state index in [1.54, 1.807) is 36.4 Å². The van der Waals surface area contributed by atoms with E-state index in [0.717, 1.165) is 4.68 Å². The van der Waals surface area contributed by atoms with Crippen LogP contribution in [0.15, 0.2) is 79.3 Å². The lowest BCUT2D eigenvalue weighted by atomic mass is 10.2. The van der Waals surface area contributed by atoms with E-state index in [4.69, 9.17) is 8.83 Å². The number of fused-ring (bicyclic) bond motifs is 1. The van der Waals surface area contributed by atoms with Crippen molar-refractivity contribution in [2.75, 3.05) is 5.32 Å². The number of hydrogen-bond donors (Lipinski definition) is 1. The summed E-state index contributed by atoms with van der Waals surface area (Å²) >= 11 is 0. The van der Waals surface area contributed by atoms with Gasteiger partial charge in [0.05, 0.1) is 6.26 Å². The molecule has 4 aromatic rings. The van der Waals surface area contributed by atoms with Gasteiger partial charge in [0.1, 0.15) is 23.0 Å². The molecule has 8 nitrogen and oxygen atoms in total. The molecule has 0 aliphatic heterocycles. The summed E-state index contributed by atoms with van der Waals surface area (Å²) in [7, 11) is 0. The molecular weight excluding hydrogens is 362 g/mol. The van der Waals surface area contributed by atoms with E-state index in [0.29, 0.717) is 22.4 Å². The highest BCUT2D eigenvalue weighted by Crippen LogP contribution is 2.18. The highest BCUT2D eigenvalue weighted by molar-refractivity contribution is 5.94. The van der Waals surface area contributed by atoms with Gasteiger partial charge >= 0.3 is 5.63 Å². The van der Waals surface area contributed by atoms with Crippen molar-refractivity contribution in [1.29, 1.82) is 0 Å². The summed E-state index contributed by atoms with van der Waals surface area (Å²) < 4.78 is 11.5. The molecule has 0 saturated carbocycles. The zero-order chi connectivity index (χ0) is 19.7. The minimum Gasteiger partial charge on any atom is -0.463 e. The van der Waals surface area contributed by atoms with Crippen molar-refractivity contribution in [3.8, 4) is 11.5 Å². The molecule has 1 aromatic carbocycles. The third kappa shape index (κ3) is 3.23. The maximum absolute atomic E-state index is 12.6. The molecule has 1 N–H and O–H groups in total. The number of hydrogen-bond acceptors (Lipinski definition) is 6. The molecule has 0 fully saturated rings. The number of para-hydroxylation sites is 1. The van der Waals surface area contributed by atoms with Crippen molar-refractivity contribution in [1.82, 2.24) is 9.78 Å². The fourth-order valence-electron chi connectivity index (χ4n) is 2.76. The van der Waals surface area contributed by atoms with Gasteiger partial charge in [-0.3, -0.25) is 9.59 Å². The summed E-state index contributed by atoms with van der Waals surface area (Å²) in [6.07, 6.45) is 1.49. The second-order valence-corrected chi connectivity index (χ2v) is 6.13. The van der Waals surface area contributed by atoms with Crippen molar-refractivity contribution >= 4 is 22.6 Å². The number of furan rings is 1. The molecule has 4 rings (SSSR count). The first-order valence-electron chi connectivity index (χ1n) is 8.50. The number of nitrogens with zero attached hydrogens (tertiary/aromatic N) is 2. The lowest BCUT2D eigenvalue weighted by Gasteiger charge is -2.14. The number of aromatic nitrogens is 2. The smallest absolute Gasteiger partial charge is 0.360 e. The van der Waals surface area contributed by atoms with Crippen LogP contribution in [0.2, 0.25) is 0 Å². The first-order chi connectivity index (χ1) is 13.5. The number of benzene rings is 1. The Hall–Kier alpha value is -3.94. The van der Waals surface area contributed by atoms with E-state index < -0.39 is 23.1 Å². The van der Waals surface area contributed by atoms with Crippen molar-refractivity contribution in [2.45, 2.75) is 13.0 Å². The summed E-state index contributed by atoms with van der Waals surface area (Å²) in [4.78, 5) is 37.0. The molecule has 8 heteroatoms. The van der Waals surface area contributed by atoms with Crippen LogP contribution in [-0.2, 0) is 4.79 Å². The van der Waals surface area contributed by atoms with Crippen LogP contribution in [0.1, 0.15) is 13.0 Å². The third-order valence-corrected chi connectivity index (χ3v) is 4.24. The molecule has 0 bridgehead atoms. The molecule has 0 spiro atoms. The van der Waals surface area contributed by atoms with Crippen LogP contribution in [0.25, 0.3) is 22.4 Å². The van der Waals surface area contributed by atoms with Crippen molar-refractivity contribution in [3.63, 3.8) is 0 Å². The Bertz CT molecular complexity index is 1270. The van der Waals surface area contributed by atoms with Crippen molar-refractivity contribution in [3.05, 3.63) is 81.6 Å². The number of amides is 1. The quantitative estimate of drug-likeness (QED) is 0.548. The molecule has 28 heavy (non-hydrogen) atoms. The minimum atomic E-state index is -0.965. The Balaban J connectivity index is 1.64. The summed E-state index contributed by atoms with van der Waals surface area (Å²) in [5.41, 5.74) is -0.310. The molecule has 0 saturated heterocycles. The lowest BCUT2D eigenvalue weighted by molar-refractivity contribution is -0.119. The Morgan fingerprint density at radius 2 is 1.93 bits per heavy atom. The predicted octanol–water partition coefficient (Wildman–Crippen LogP) is 2.81. The molecule has 0 aliphatic carbocycles. The van der Waals surface area contributed by atoms with E-state index in [9.17, 15) is 14.4 Å². The average molecular weight is 377 g/mol. The lowest BCUT2D eigenvalue weighted by Crippen LogP contribution is -2.34. The van der Waals surface area contributed by atoms with Crippen LogP contribution in [0.3, 0.4) is 0 Å². The number of rotatable bonds is 4. The molecule has 0 radical (unpaired) electrons. The molecular formula is C20H15N3O5.